The minimum Gasteiger partial charge on any atom is -0.465 e. The summed E-state index contributed by atoms with van der Waals surface area (Å²) in [6, 6.07) is 5.60. The Bertz CT molecular complexity index is 482. The molecule has 0 saturated carbocycles. The standard InChI is InChI=1S/C13H15NO3/c1-8-3-4-9(2)10(7-8)11-5-6-12(15)14(11)13(16)17/h3-4,7,11H,5-6H2,1-2H3,(H,16,17). The van der Waals surface area contributed by atoms with Gasteiger partial charge in [0.05, 0.1) is 6.04 Å². The highest BCUT2D eigenvalue weighted by Crippen LogP contribution is 2.34. The summed E-state index contributed by atoms with van der Waals surface area (Å²) in [6.07, 6.45) is -0.266. The first-order valence-corrected chi connectivity index (χ1v) is 5.63. The molecule has 1 saturated heterocycles. The van der Waals surface area contributed by atoms with E-state index in [0.29, 0.717) is 12.8 Å². The van der Waals surface area contributed by atoms with Crippen molar-refractivity contribution in [2.24, 2.45) is 0 Å². The van der Waals surface area contributed by atoms with E-state index in [1.54, 1.807) is 0 Å². The first-order valence-electron chi connectivity index (χ1n) is 5.63. The lowest BCUT2D eigenvalue weighted by Gasteiger charge is -2.22. The fraction of sp³-hybridized carbons (Fsp3) is 0.385. The van der Waals surface area contributed by atoms with E-state index in [9.17, 15) is 9.59 Å². The average molecular weight is 233 g/mol. The van der Waals surface area contributed by atoms with Crippen LogP contribution in [-0.2, 0) is 4.79 Å². The summed E-state index contributed by atoms with van der Waals surface area (Å²) in [5.74, 6) is -0.302. The first-order chi connectivity index (χ1) is 8.00. The summed E-state index contributed by atoms with van der Waals surface area (Å²) < 4.78 is 0. The molecule has 0 bridgehead atoms. The summed E-state index contributed by atoms with van der Waals surface area (Å²) in [5, 5.41) is 9.08. The van der Waals surface area contributed by atoms with E-state index < -0.39 is 6.09 Å². The molecule has 1 unspecified atom stereocenters. The van der Waals surface area contributed by atoms with Gasteiger partial charge in [0.15, 0.2) is 0 Å². The molecule has 1 aromatic rings. The predicted octanol–water partition coefficient (Wildman–Crippen LogP) is 2.64. The maximum Gasteiger partial charge on any atom is 0.414 e. The maximum absolute atomic E-state index is 11.5. The van der Waals surface area contributed by atoms with Crippen LogP contribution in [0.2, 0.25) is 0 Å². The van der Waals surface area contributed by atoms with Gasteiger partial charge in [-0.2, -0.15) is 0 Å². The van der Waals surface area contributed by atoms with Crippen LogP contribution in [0, 0.1) is 13.8 Å². The van der Waals surface area contributed by atoms with Gasteiger partial charge >= 0.3 is 6.09 Å². The third-order valence-electron chi connectivity index (χ3n) is 3.21. The molecule has 0 radical (unpaired) electrons. The van der Waals surface area contributed by atoms with Gasteiger partial charge in [-0.1, -0.05) is 23.8 Å². The molecule has 0 spiro atoms. The fourth-order valence-electron chi connectivity index (χ4n) is 2.34. The highest BCUT2D eigenvalue weighted by atomic mass is 16.4. The lowest BCUT2D eigenvalue weighted by molar-refractivity contribution is -0.126. The second-order valence-corrected chi connectivity index (χ2v) is 4.46. The van der Waals surface area contributed by atoms with E-state index in [1.807, 2.05) is 32.0 Å². The normalized spacial score (nSPS) is 19.8. The zero-order chi connectivity index (χ0) is 12.6. The lowest BCUT2D eigenvalue weighted by Crippen LogP contribution is -2.33. The Morgan fingerprint density at radius 1 is 1.41 bits per heavy atom. The van der Waals surface area contributed by atoms with Gasteiger partial charge in [-0.3, -0.25) is 4.79 Å². The molecule has 17 heavy (non-hydrogen) atoms. The van der Waals surface area contributed by atoms with Crippen molar-refractivity contribution in [3.63, 3.8) is 0 Å². The number of carbonyl (C=O) groups is 2. The Balaban J connectivity index is 2.42. The molecule has 1 atom stereocenters. The van der Waals surface area contributed by atoms with Crippen LogP contribution in [0.4, 0.5) is 4.79 Å². The van der Waals surface area contributed by atoms with Crippen molar-refractivity contribution in [1.82, 2.24) is 4.90 Å². The van der Waals surface area contributed by atoms with Crippen LogP contribution >= 0.6 is 0 Å². The molecule has 1 aromatic carbocycles. The molecule has 4 heteroatoms. The van der Waals surface area contributed by atoms with Crippen LogP contribution in [-0.4, -0.2) is 22.0 Å². The van der Waals surface area contributed by atoms with Crippen LogP contribution in [0.25, 0.3) is 0 Å². The van der Waals surface area contributed by atoms with Gasteiger partial charge in [-0.25, -0.2) is 9.69 Å². The van der Waals surface area contributed by atoms with Gasteiger partial charge in [0, 0.05) is 6.42 Å². The van der Waals surface area contributed by atoms with Crippen LogP contribution < -0.4 is 0 Å². The first kappa shape index (κ1) is 11.6. The third-order valence-corrected chi connectivity index (χ3v) is 3.21. The minimum atomic E-state index is -1.15. The summed E-state index contributed by atoms with van der Waals surface area (Å²) in [4.78, 5) is 23.6. The van der Waals surface area contributed by atoms with E-state index in [1.165, 1.54) is 0 Å². The Morgan fingerprint density at radius 3 is 2.76 bits per heavy atom. The molecular weight excluding hydrogens is 218 g/mol. The SMILES string of the molecule is Cc1ccc(C)c(C2CCC(=O)N2C(=O)O)c1. The van der Waals surface area contributed by atoms with Gasteiger partial charge < -0.3 is 5.11 Å². The fourth-order valence-corrected chi connectivity index (χ4v) is 2.34. The second kappa shape index (κ2) is 4.20. The number of amides is 2. The summed E-state index contributed by atoms with van der Waals surface area (Å²) in [6.45, 7) is 3.91. The van der Waals surface area contributed by atoms with Crippen LogP contribution in [0.1, 0.15) is 35.6 Å². The highest BCUT2D eigenvalue weighted by molar-refractivity contribution is 5.93. The molecule has 1 heterocycles. The van der Waals surface area contributed by atoms with E-state index in [4.69, 9.17) is 5.11 Å². The Labute approximate surface area is 99.9 Å². The van der Waals surface area contributed by atoms with Crippen LogP contribution in [0.3, 0.4) is 0 Å². The zero-order valence-corrected chi connectivity index (χ0v) is 9.93. The van der Waals surface area contributed by atoms with E-state index in [0.717, 1.165) is 21.6 Å². The number of hydrogen-bond donors (Lipinski definition) is 1. The van der Waals surface area contributed by atoms with E-state index in [2.05, 4.69) is 0 Å². The Hall–Kier alpha value is -1.84. The molecule has 1 aliphatic heterocycles. The minimum absolute atomic E-state index is 0.302. The lowest BCUT2D eigenvalue weighted by atomic mass is 9.97. The number of imide groups is 1. The average Bonchev–Trinajstić information content (AvgIpc) is 2.64. The smallest absolute Gasteiger partial charge is 0.414 e. The van der Waals surface area contributed by atoms with Crippen molar-refractivity contribution in [2.45, 2.75) is 32.7 Å². The van der Waals surface area contributed by atoms with E-state index >= 15 is 0 Å². The van der Waals surface area contributed by atoms with Crippen molar-refractivity contribution in [1.29, 1.82) is 0 Å². The number of hydrogen-bond acceptors (Lipinski definition) is 2. The monoisotopic (exact) mass is 233 g/mol. The molecular formula is C13H15NO3. The zero-order valence-electron chi connectivity index (χ0n) is 9.93. The molecule has 90 valence electrons. The number of likely N-dealkylation sites (tertiary alicyclic amines) is 1. The molecule has 0 aromatic heterocycles. The molecule has 1 aliphatic rings. The van der Waals surface area contributed by atoms with Crippen LogP contribution in [0.5, 0.6) is 0 Å². The summed E-state index contributed by atoms with van der Waals surface area (Å²) >= 11 is 0. The number of aryl methyl sites for hydroxylation is 2. The number of carboxylic acid groups (broad SMARTS) is 1. The summed E-state index contributed by atoms with van der Waals surface area (Å²) in [5.41, 5.74) is 3.05. The van der Waals surface area contributed by atoms with Crippen molar-refractivity contribution < 1.29 is 14.7 Å². The van der Waals surface area contributed by atoms with Gasteiger partial charge in [-0.15, -0.1) is 0 Å². The molecule has 1 fully saturated rings. The van der Waals surface area contributed by atoms with Gasteiger partial charge in [0.25, 0.3) is 0 Å². The van der Waals surface area contributed by atoms with Crippen molar-refractivity contribution in [3.8, 4) is 0 Å². The number of carbonyl (C=O) groups excluding carboxylic acids is 1. The van der Waals surface area contributed by atoms with Gasteiger partial charge in [-0.05, 0) is 31.4 Å². The quantitative estimate of drug-likeness (QED) is 0.811. The molecule has 1 N–H and O–H groups in total. The van der Waals surface area contributed by atoms with Crippen molar-refractivity contribution in [3.05, 3.63) is 34.9 Å². The molecule has 2 rings (SSSR count). The number of benzene rings is 1. The number of nitrogens with zero attached hydrogens (tertiary/aromatic N) is 1. The van der Waals surface area contributed by atoms with Gasteiger partial charge in [0.1, 0.15) is 0 Å². The molecule has 2 amide bonds. The van der Waals surface area contributed by atoms with Gasteiger partial charge in [0.2, 0.25) is 5.91 Å². The molecule has 0 aliphatic carbocycles. The maximum atomic E-state index is 11.5. The van der Waals surface area contributed by atoms with Crippen LogP contribution in [0.15, 0.2) is 18.2 Å². The Kier molecular flexibility index (Phi) is 2.88. The van der Waals surface area contributed by atoms with Crippen molar-refractivity contribution in [2.75, 3.05) is 0 Å². The topological polar surface area (TPSA) is 57.6 Å². The van der Waals surface area contributed by atoms with E-state index in [-0.39, 0.29) is 11.9 Å². The predicted molar refractivity (Wildman–Crippen MR) is 62.8 cm³/mol. The Morgan fingerprint density at radius 2 is 2.12 bits per heavy atom. The largest absolute Gasteiger partial charge is 0.465 e. The van der Waals surface area contributed by atoms with Crippen molar-refractivity contribution >= 4 is 12.0 Å². The molecule has 4 nitrogen and oxygen atoms in total. The summed E-state index contributed by atoms with van der Waals surface area (Å²) in [7, 11) is 0. The second-order valence-electron chi connectivity index (χ2n) is 4.46. The third kappa shape index (κ3) is 2.02. The highest BCUT2D eigenvalue weighted by Gasteiger charge is 2.37. The number of rotatable bonds is 1.